The van der Waals surface area contributed by atoms with Gasteiger partial charge in [0, 0.05) is 35.3 Å². The van der Waals surface area contributed by atoms with Crippen LogP contribution >= 0.6 is 0 Å². The number of carbonyl (C=O) groups excluding carboxylic acids is 3. The van der Waals surface area contributed by atoms with Crippen LogP contribution in [0.2, 0.25) is 0 Å². The molecule has 3 amide bonds. The van der Waals surface area contributed by atoms with Crippen molar-refractivity contribution in [3.8, 4) is 22.3 Å². The standard InChI is InChI=1S/C53H61N3O3/c1-35(2)43-34-53-30-27-44-51(3,28-14-29-52(44,4)50(59)56-31-12-7-13-32-56)45(53)33-42(43)46(48(57)54-40-23-19-38(20-24-40)36-15-8-5-9-16-36)47(53)49(58)55-41-25-21-39(22-26-41)37-17-10-6-11-18-37/h5-6,8-11,15-26,34-35,42,44-47H,7,12-14,27-33H2,1-4H3,(H,54,57)(H,55,58)/t42?,44?,45?,46-,47+,51+,52-,53?/m1/s1. The van der Waals surface area contributed by atoms with Gasteiger partial charge in [0.1, 0.15) is 0 Å². The lowest BCUT2D eigenvalue weighted by Gasteiger charge is -2.69. The fourth-order valence-corrected chi connectivity index (χ4v) is 13.3. The Hall–Kier alpha value is -4.97. The number of nitrogens with one attached hydrogen (secondary N) is 2. The Bertz CT molecular complexity index is 2210. The van der Waals surface area contributed by atoms with Gasteiger partial charge < -0.3 is 15.5 Å². The minimum Gasteiger partial charge on any atom is -0.342 e. The molecular weight excluding hydrogens is 727 g/mol. The van der Waals surface area contributed by atoms with Crippen molar-refractivity contribution in [1.29, 1.82) is 0 Å². The van der Waals surface area contributed by atoms with E-state index in [1.54, 1.807) is 0 Å². The predicted molar refractivity (Wildman–Crippen MR) is 238 cm³/mol. The van der Waals surface area contributed by atoms with Crippen LogP contribution in [0.15, 0.2) is 121 Å². The zero-order valence-electron chi connectivity index (χ0n) is 35.4. The second kappa shape index (κ2) is 15.6. The summed E-state index contributed by atoms with van der Waals surface area (Å²) in [7, 11) is 0. The summed E-state index contributed by atoms with van der Waals surface area (Å²) < 4.78 is 0. The Balaban J connectivity index is 1.08. The molecule has 4 unspecified atom stereocenters. The van der Waals surface area contributed by atoms with E-state index in [1.807, 2.05) is 60.7 Å². The summed E-state index contributed by atoms with van der Waals surface area (Å²) in [5.41, 5.74) is 6.15. The summed E-state index contributed by atoms with van der Waals surface area (Å²) in [6, 6.07) is 36.7. The van der Waals surface area contributed by atoms with E-state index in [4.69, 9.17) is 0 Å². The summed E-state index contributed by atoms with van der Waals surface area (Å²) in [5, 5.41) is 6.71. The van der Waals surface area contributed by atoms with Gasteiger partial charge in [-0.1, -0.05) is 131 Å². The van der Waals surface area contributed by atoms with Crippen LogP contribution in [0.5, 0.6) is 0 Å². The van der Waals surface area contributed by atoms with Gasteiger partial charge in [-0.2, -0.15) is 0 Å². The molecule has 0 radical (unpaired) electrons. The van der Waals surface area contributed by atoms with Crippen molar-refractivity contribution in [2.75, 3.05) is 23.7 Å². The maximum Gasteiger partial charge on any atom is 0.229 e. The minimum atomic E-state index is -0.560. The van der Waals surface area contributed by atoms with Crippen molar-refractivity contribution in [3.63, 3.8) is 0 Å². The number of carbonyl (C=O) groups is 3. The molecule has 1 saturated heterocycles. The van der Waals surface area contributed by atoms with E-state index in [0.717, 1.165) is 98.1 Å². The highest BCUT2D eigenvalue weighted by Crippen LogP contribution is 2.73. The summed E-state index contributed by atoms with van der Waals surface area (Å²) in [6.07, 6.45) is 11.4. The Morgan fingerprint density at radius 2 is 1.17 bits per heavy atom. The normalized spacial score (nSPS) is 31.1. The zero-order chi connectivity index (χ0) is 40.9. The van der Waals surface area contributed by atoms with Crippen molar-refractivity contribution in [2.24, 2.45) is 51.8 Å². The smallest absolute Gasteiger partial charge is 0.229 e. The van der Waals surface area contributed by atoms with Crippen molar-refractivity contribution in [2.45, 2.75) is 85.5 Å². The largest absolute Gasteiger partial charge is 0.342 e. The van der Waals surface area contributed by atoms with Crippen LogP contribution in [-0.2, 0) is 14.4 Å². The number of nitrogens with zero attached hydrogens (tertiary/aromatic N) is 1. The Labute approximate surface area is 351 Å². The molecule has 5 aliphatic carbocycles. The summed E-state index contributed by atoms with van der Waals surface area (Å²) in [6.45, 7) is 11.0. The average Bonchev–Trinajstić information content (AvgIpc) is 3.26. The Morgan fingerprint density at radius 1 is 0.627 bits per heavy atom. The number of amides is 3. The van der Waals surface area contributed by atoms with E-state index in [1.165, 1.54) is 12.0 Å². The van der Waals surface area contributed by atoms with Gasteiger partial charge in [0.2, 0.25) is 17.7 Å². The first kappa shape index (κ1) is 39.5. The highest BCUT2D eigenvalue weighted by atomic mass is 16.2. The quantitative estimate of drug-likeness (QED) is 0.175. The van der Waals surface area contributed by atoms with Gasteiger partial charge in [-0.3, -0.25) is 14.4 Å². The lowest BCUT2D eigenvalue weighted by atomic mass is 9.34. The molecule has 4 aromatic carbocycles. The molecular formula is C53H61N3O3. The van der Waals surface area contributed by atoms with E-state index in [0.29, 0.717) is 5.91 Å². The van der Waals surface area contributed by atoms with Crippen LogP contribution in [0, 0.1) is 51.8 Å². The van der Waals surface area contributed by atoms with Crippen LogP contribution in [-0.4, -0.2) is 35.7 Å². The Kier molecular flexibility index (Phi) is 10.4. The lowest BCUT2D eigenvalue weighted by molar-refractivity contribution is -0.194. The van der Waals surface area contributed by atoms with Crippen LogP contribution in [0.3, 0.4) is 0 Å². The van der Waals surface area contributed by atoms with Gasteiger partial charge in [-0.05, 0) is 127 Å². The second-order valence-electron chi connectivity index (χ2n) is 19.4. The molecule has 6 nitrogen and oxygen atoms in total. The number of fused-ring (bicyclic) bond motifs is 2. The molecule has 6 heteroatoms. The van der Waals surface area contributed by atoms with Gasteiger partial charge in [0.25, 0.3) is 0 Å². The minimum absolute atomic E-state index is 0.0733. The number of allylic oxidation sites excluding steroid dienone is 2. The number of anilines is 2. The number of benzene rings is 4. The van der Waals surface area contributed by atoms with Crippen LogP contribution in [0.25, 0.3) is 22.3 Å². The van der Waals surface area contributed by atoms with Crippen molar-refractivity contribution < 1.29 is 14.4 Å². The molecule has 1 spiro atoms. The van der Waals surface area contributed by atoms with Gasteiger partial charge >= 0.3 is 0 Å². The van der Waals surface area contributed by atoms with Gasteiger partial charge in [-0.15, -0.1) is 0 Å². The number of hydrogen-bond acceptors (Lipinski definition) is 3. The first-order valence-corrected chi connectivity index (χ1v) is 22.5. The molecule has 6 aliphatic rings. The predicted octanol–water partition coefficient (Wildman–Crippen LogP) is 11.7. The monoisotopic (exact) mass is 787 g/mol. The van der Waals surface area contributed by atoms with E-state index in [2.05, 4.69) is 97.8 Å². The fourth-order valence-electron chi connectivity index (χ4n) is 13.3. The van der Waals surface area contributed by atoms with Gasteiger partial charge in [-0.25, -0.2) is 0 Å². The molecule has 306 valence electrons. The van der Waals surface area contributed by atoms with Crippen molar-refractivity contribution in [1.82, 2.24) is 4.90 Å². The molecule has 2 bridgehead atoms. The molecule has 4 aromatic rings. The number of hydrogen-bond donors (Lipinski definition) is 2. The van der Waals surface area contributed by atoms with E-state index in [9.17, 15) is 4.79 Å². The first-order chi connectivity index (χ1) is 28.5. The fraction of sp³-hybridized carbons (Fsp3) is 0.453. The van der Waals surface area contributed by atoms with E-state index < -0.39 is 22.7 Å². The molecule has 8 atom stereocenters. The number of likely N-dealkylation sites (tertiary alicyclic amines) is 1. The molecule has 10 rings (SSSR count). The molecule has 1 aliphatic heterocycles. The second-order valence-corrected chi connectivity index (χ2v) is 19.4. The molecule has 4 fully saturated rings. The topological polar surface area (TPSA) is 78.5 Å². The third-order valence-electron chi connectivity index (χ3n) is 15.9. The number of piperidine rings is 1. The van der Waals surface area contributed by atoms with E-state index in [-0.39, 0.29) is 40.9 Å². The zero-order valence-corrected chi connectivity index (χ0v) is 35.4. The third-order valence-corrected chi connectivity index (χ3v) is 15.9. The molecule has 59 heavy (non-hydrogen) atoms. The van der Waals surface area contributed by atoms with Gasteiger partial charge in [0.05, 0.1) is 11.8 Å². The first-order valence-electron chi connectivity index (χ1n) is 22.5. The summed E-state index contributed by atoms with van der Waals surface area (Å²) in [5.74, 6) is -0.311. The molecule has 0 aromatic heterocycles. The average molecular weight is 788 g/mol. The highest BCUT2D eigenvalue weighted by Gasteiger charge is 2.70. The highest BCUT2D eigenvalue weighted by molar-refractivity contribution is 6.01. The molecule has 3 saturated carbocycles. The maximum absolute atomic E-state index is 15.3. The maximum atomic E-state index is 15.3. The van der Waals surface area contributed by atoms with Crippen molar-refractivity contribution in [3.05, 3.63) is 121 Å². The summed E-state index contributed by atoms with van der Waals surface area (Å²) in [4.78, 5) is 47.2. The van der Waals surface area contributed by atoms with Gasteiger partial charge in [0.15, 0.2) is 0 Å². The summed E-state index contributed by atoms with van der Waals surface area (Å²) >= 11 is 0. The van der Waals surface area contributed by atoms with Crippen LogP contribution in [0.4, 0.5) is 11.4 Å². The molecule has 2 N–H and O–H groups in total. The lowest BCUT2D eigenvalue weighted by Crippen LogP contribution is -2.68. The molecule has 1 heterocycles. The number of rotatable bonds is 8. The Morgan fingerprint density at radius 3 is 1.73 bits per heavy atom. The van der Waals surface area contributed by atoms with Crippen LogP contribution < -0.4 is 10.6 Å². The SMILES string of the molecule is CC(C)C1=CC23CCC4[C@](C)(CCC[C@@]4(C)C(=O)N4CCCCC4)C2CC1[C@@H](C(=O)Nc1ccc(-c2ccccc2)cc1)[C@H]3C(=O)Nc1ccc(-c2ccccc2)cc1. The van der Waals surface area contributed by atoms with Crippen molar-refractivity contribution >= 4 is 29.1 Å². The van der Waals surface area contributed by atoms with E-state index >= 15 is 9.59 Å². The third kappa shape index (κ3) is 6.85. The van der Waals surface area contributed by atoms with Crippen LogP contribution in [0.1, 0.15) is 85.5 Å².